The zero-order valence-corrected chi connectivity index (χ0v) is 18.8. The Hall–Kier alpha value is -2.54. The number of halogens is 3. The average Bonchev–Trinajstić information content (AvgIpc) is 2.74. The van der Waals surface area contributed by atoms with Crippen molar-refractivity contribution in [1.29, 1.82) is 0 Å². The lowest BCUT2D eigenvalue weighted by molar-refractivity contribution is -0.119. The fourth-order valence-electron chi connectivity index (χ4n) is 2.42. The number of hydrogen-bond acceptors (Lipinski definition) is 4. The Labute approximate surface area is 193 Å². The Balaban J connectivity index is 1.47. The Bertz CT molecular complexity index is 1030. The van der Waals surface area contributed by atoms with E-state index in [4.69, 9.17) is 27.9 Å². The Morgan fingerprint density at radius 2 is 1.67 bits per heavy atom. The summed E-state index contributed by atoms with van der Waals surface area (Å²) in [4.78, 5) is 11.9. The van der Waals surface area contributed by atoms with Crippen molar-refractivity contribution < 1.29 is 9.53 Å². The Morgan fingerprint density at radius 1 is 1.00 bits per heavy atom. The number of anilines is 1. The SMILES string of the molecule is O=C(CNc1ccc(Cl)cc1)N/N=C\c1ccc(OCc2ccc(Cl)cc2)c(Br)c1. The molecule has 2 N–H and O–H groups in total. The van der Waals surface area contributed by atoms with Crippen LogP contribution in [-0.2, 0) is 11.4 Å². The smallest absolute Gasteiger partial charge is 0.259 e. The molecule has 0 aliphatic heterocycles. The zero-order valence-electron chi connectivity index (χ0n) is 15.7. The fraction of sp³-hybridized carbons (Fsp3) is 0.0909. The molecule has 0 saturated carbocycles. The van der Waals surface area contributed by atoms with Gasteiger partial charge in [0.15, 0.2) is 0 Å². The van der Waals surface area contributed by atoms with Crippen LogP contribution >= 0.6 is 39.1 Å². The first-order valence-corrected chi connectivity index (χ1v) is 10.5. The van der Waals surface area contributed by atoms with Gasteiger partial charge in [0.25, 0.3) is 5.91 Å². The summed E-state index contributed by atoms with van der Waals surface area (Å²) < 4.78 is 6.61. The molecule has 154 valence electrons. The third-order valence-electron chi connectivity index (χ3n) is 3.96. The summed E-state index contributed by atoms with van der Waals surface area (Å²) >= 11 is 15.2. The molecule has 0 aliphatic carbocycles. The van der Waals surface area contributed by atoms with Crippen LogP contribution in [-0.4, -0.2) is 18.7 Å². The van der Waals surface area contributed by atoms with E-state index in [9.17, 15) is 4.79 Å². The summed E-state index contributed by atoms with van der Waals surface area (Å²) in [5.41, 5.74) is 5.12. The molecule has 30 heavy (non-hydrogen) atoms. The van der Waals surface area contributed by atoms with E-state index in [2.05, 4.69) is 31.8 Å². The molecule has 8 heteroatoms. The lowest BCUT2D eigenvalue weighted by Crippen LogP contribution is -2.25. The van der Waals surface area contributed by atoms with E-state index in [1.54, 1.807) is 30.5 Å². The van der Waals surface area contributed by atoms with Crippen molar-refractivity contribution in [3.63, 3.8) is 0 Å². The van der Waals surface area contributed by atoms with E-state index < -0.39 is 0 Å². The molecule has 1 amide bonds. The molecule has 5 nitrogen and oxygen atoms in total. The van der Waals surface area contributed by atoms with E-state index in [-0.39, 0.29) is 12.5 Å². The molecular weight excluding hydrogens is 489 g/mol. The molecule has 0 unspecified atom stereocenters. The number of rotatable bonds is 8. The summed E-state index contributed by atoms with van der Waals surface area (Å²) in [5, 5.41) is 8.30. The number of hydrazone groups is 1. The van der Waals surface area contributed by atoms with E-state index in [1.807, 2.05) is 42.5 Å². The molecule has 3 aromatic carbocycles. The molecule has 3 aromatic rings. The highest BCUT2D eigenvalue weighted by Crippen LogP contribution is 2.26. The van der Waals surface area contributed by atoms with Gasteiger partial charge in [-0.25, -0.2) is 5.43 Å². The van der Waals surface area contributed by atoms with Crippen molar-refractivity contribution in [2.75, 3.05) is 11.9 Å². The molecule has 0 spiro atoms. The van der Waals surface area contributed by atoms with Gasteiger partial charge in [-0.1, -0.05) is 35.3 Å². The summed E-state index contributed by atoms with van der Waals surface area (Å²) in [6.07, 6.45) is 1.56. The van der Waals surface area contributed by atoms with Crippen LogP contribution in [0, 0.1) is 0 Å². The molecule has 0 bridgehead atoms. The van der Waals surface area contributed by atoms with Crippen LogP contribution in [0.5, 0.6) is 5.75 Å². The van der Waals surface area contributed by atoms with E-state index in [1.165, 1.54) is 0 Å². The maximum Gasteiger partial charge on any atom is 0.259 e. The highest BCUT2D eigenvalue weighted by molar-refractivity contribution is 9.10. The van der Waals surface area contributed by atoms with Crippen LogP contribution in [0.2, 0.25) is 10.0 Å². The summed E-state index contributed by atoms with van der Waals surface area (Å²) in [7, 11) is 0. The molecular formula is C22H18BrCl2N3O2. The molecule has 3 rings (SSSR count). The average molecular weight is 507 g/mol. The number of hydrogen-bond donors (Lipinski definition) is 2. The minimum Gasteiger partial charge on any atom is -0.488 e. The van der Waals surface area contributed by atoms with Crippen molar-refractivity contribution >= 4 is 56.9 Å². The predicted octanol–water partition coefficient (Wildman–Crippen LogP) is 5.90. The van der Waals surface area contributed by atoms with Gasteiger partial charge in [0.05, 0.1) is 17.2 Å². The van der Waals surface area contributed by atoms with Gasteiger partial charge >= 0.3 is 0 Å². The first kappa shape index (κ1) is 22.2. The fourth-order valence-corrected chi connectivity index (χ4v) is 3.19. The molecule has 0 aromatic heterocycles. The van der Waals surface area contributed by atoms with Gasteiger partial charge in [0, 0.05) is 15.7 Å². The molecule has 0 saturated heterocycles. The summed E-state index contributed by atoms with van der Waals surface area (Å²) in [6.45, 7) is 0.528. The van der Waals surface area contributed by atoms with Crippen LogP contribution in [0.1, 0.15) is 11.1 Å². The van der Waals surface area contributed by atoms with Crippen molar-refractivity contribution in [3.05, 3.63) is 92.4 Å². The van der Waals surface area contributed by atoms with Gasteiger partial charge < -0.3 is 10.1 Å². The summed E-state index contributed by atoms with van der Waals surface area (Å²) in [6, 6.07) is 20.1. The zero-order chi connectivity index (χ0) is 21.3. The van der Waals surface area contributed by atoms with Crippen molar-refractivity contribution in [2.45, 2.75) is 6.61 Å². The van der Waals surface area contributed by atoms with Crippen LogP contribution in [0.25, 0.3) is 0 Å². The number of nitrogens with one attached hydrogen (secondary N) is 2. The highest BCUT2D eigenvalue weighted by atomic mass is 79.9. The third kappa shape index (κ3) is 7.06. The topological polar surface area (TPSA) is 62.7 Å². The molecule has 0 atom stereocenters. The molecule has 0 heterocycles. The summed E-state index contributed by atoms with van der Waals surface area (Å²) in [5.74, 6) is 0.446. The number of ether oxygens (including phenoxy) is 1. The first-order valence-electron chi connectivity index (χ1n) is 8.98. The second-order valence-corrected chi connectivity index (χ2v) is 7.99. The number of amides is 1. The lowest BCUT2D eigenvalue weighted by Gasteiger charge is -2.09. The van der Waals surface area contributed by atoms with Crippen LogP contribution < -0.4 is 15.5 Å². The van der Waals surface area contributed by atoms with E-state index in [0.717, 1.165) is 21.3 Å². The predicted molar refractivity (Wildman–Crippen MR) is 126 cm³/mol. The third-order valence-corrected chi connectivity index (χ3v) is 5.09. The van der Waals surface area contributed by atoms with Crippen LogP contribution in [0.4, 0.5) is 5.69 Å². The number of carbonyl (C=O) groups excluding carboxylic acids is 1. The lowest BCUT2D eigenvalue weighted by atomic mass is 10.2. The standard InChI is InChI=1S/C22H18BrCl2N3O2/c23-20-11-16(3-10-21(20)30-14-15-1-4-17(24)5-2-15)12-27-28-22(29)13-26-19-8-6-18(25)7-9-19/h1-12,26H,13-14H2,(H,28,29)/b27-12-. The monoisotopic (exact) mass is 505 g/mol. The highest BCUT2D eigenvalue weighted by Gasteiger charge is 2.04. The first-order chi connectivity index (χ1) is 14.5. The van der Waals surface area contributed by atoms with Gasteiger partial charge in [-0.2, -0.15) is 5.10 Å². The maximum atomic E-state index is 11.9. The van der Waals surface area contributed by atoms with Crippen molar-refractivity contribution in [3.8, 4) is 5.75 Å². The second kappa shape index (κ2) is 11.0. The number of benzene rings is 3. The normalized spacial score (nSPS) is 10.8. The van der Waals surface area contributed by atoms with Crippen molar-refractivity contribution in [2.24, 2.45) is 5.10 Å². The van der Waals surface area contributed by atoms with E-state index >= 15 is 0 Å². The molecule has 0 radical (unpaired) electrons. The Kier molecular flexibility index (Phi) is 8.13. The van der Waals surface area contributed by atoms with Gasteiger partial charge in [-0.05, 0) is 81.7 Å². The second-order valence-electron chi connectivity index (χ2n) is 6.26. The largest absolute Gasteiger partial charge is 0.488 e. The minimum absolute atomic E-state index is 0.0974. The quantitative estimate of drug-likeness (QED) is 0.295. The Morgan fingerprint density at radius 3 is 2.33 bits per heavy atom. The van der Waals surface area contributed by atoms with Gasteiger partial charge in [0.2, 0.25) is 0 Å². The molecule has 0 fully saturated rings. The van der Waals surface area contributed by atoms with Crippen LogP contribution in [0.3, 0.4) is 0 Å². The minimum atomic E-state index is -0.261. The number of carbonyl (C=O) groups is 1. The van der Waals surface area contributed by atoms with Gasteiger partial charge in [-0.15, -0.1) is 0 Å². The van der Waals surface area contributed by atoms with Crippen LogP contribution in [0.15, 0.2) is 76.3 Å². The van der Waals surface area contributed by atoms with Gasteiger partial charge in [0.1, 0.15) is 12.4 Å². The van der Waals surface area contributed by atoms with E-state index in [0.29, 0.717) is 22.4 Å². The van der Waals surface area contributed by atoms with Gasteiger partial charge in [-0.3, -0.25) is 4.79 Å². The molecule has 0 aliphatic rings. The number of nitrogens with zero attached hydrogens (tertiary/aromatic N) is 1. The maximum absolute atomic E-state index is 11.9. The van der Waals surface area contributed by atoms with Crippen molar-refractivity contribution in [1.82, 2.24) is 5.43 Å².